The number of hydrogen-bond donors (Lipinski definition) is 3. The zero-order chi connectivity index (χ0) is 15.1. The average Bonchev–Trinajstić information content (AvgIpc) is 2.38. The number of rotatable bonds is 8. The van der Waals surface area contributed by atoms with Crippen molar-refractivity contribution >= 4 is 84.1 Å². The number of amides is 1. The summed E-state index contributed by atoms with van der Waals surface area (Å²) in [7, 11) is 2.54. The van der Waals surface area contributed by atoms with E-state index < -0.39 is 30.2 Å². The van der Waals surface area contributed by atoms with Crippen LogP contribution in [0.4, 0.5) is 0 Å². The minimum atomic E-state index is -1.91. The summed E-state index contributed by atoms with van der Waals surface area (Å²) in [6.45, 7) is 0. The van der Waals surface area contributed by atoms with Crippen LogP contribution in [0.1, 0.15) is 10.4 Å². The second-order valence-corrected chi connectivity index (χ2v) is 15.0. The van der Waals surface area contributed by atoms with Gasteiger partial charge in [0, 0.05) is 0 Å². The van der Waals surface area contributed by atoms with Gasteiger partial charge in [0.05, 0.1) is 0 Å². The number of nitrogens with two attached hydrogens (primary N) is 1. The molecule has 0 radical (unpaired) electrons. The Morgan fingerprint density at radius 2 is 1.43 bits per heavy atom. The summed E-state index contributed by atoms with van der Waals surface area (Å²) in [6, 6.07) is 6.57. The molecule has 1 aromatic rings. The van der Waals surface area contributed by atoms with Crippen LogP contribution in [0.25, 0.3) is 0 Å². The standard InChI is InChI=1S/C11H12AsNO5S2.Na.H/c13-11(18)7-1-3-8(4-2-7)12(19-5-9(14)15)20-6-10(16)17;;/h1-4H,5-6H2,(H2,13,18)(H,14,15)(H,16,17);;. The summed E-state index contributed by atoms with van der Waals surface area (Å²) in [5, 5.41) is 17.4. The maximum atomic E-state index is 11.0. The molecule has 1 rings (SSSR count). The quantitative estimate of drug-likeness (QED) is 0.501. The van der Waals surface area contributed by atoms with Crippen LogP contribution < -0.4 is 10.1 Å². The Kier molecular flexibility index (Phi) is 10.5. The summed E-state index contributed by atoms with van der Waals surface area (Å²) >= 11 is -1.91. The fourth-order valence-electron chi connectivity index (χ4n) is 1.16. The molecule has 0 atom stereocenters. The molecular weight excluding hydrogens is 388 g/mol. The third kappa shape index (κ3) is 8.18. The molecular formula is C11H13AsNNaO5S2. The molecule has 110 valence electrons. The monoisotopic (exact) mass is 401 g/mol. The summed E-state index contributed by atoms with van der Waals surface area (Å²) in [6.07, 6.45) is 0. The first-order valence-corrected chi connectivity index (χ1v) is 12.7. The van der Waals surface area contributed by atoms with E-state index in [1.54, 1.807) is 24.3 Å². The Hall–Kier alpha value is -0.112. The van der Waals surface area contributed by atoms with Crippen LogP contribution in [0.3, 0.4) is 0 Å². The Morgan fingerprint density at radius 3 is 1.76 bits per heavy atom. The number of aliphatic carboxylic acids is 2. The zero-order valence-corrected chi connectivity index (χ0v) is 13.7. The molecule has 0 saturated heterocycles. The molecule has 0 aromatic heterocycles. The fourth-order valence-corrected chi connectivity index (χ4v) is 12.1. The van der Waals surface area contributed by atoms with Gasteiger partial charge in [0.1, 0.15) is 0 Å². The Labute approximate surface area is 154 Å². The number of carboxylic acids is 2. The van der Waals surface area contributed by atoms with Crippen molar-refractivity contribution in [2.24, 2.45) is 5.73 Å². The van der Waals surface area contributed by atoms with Crippen LogP contribution in [0.15, 0.2) is 24.3 Å². The molecule has 0 aliphatic rings. The zero-order valence-electron chi connectivity index (χ0n) is 10.2. The van der Waals surface area contributed by atoms with E-state index in [1.165, 1.54) is 20.0 Å². The van der Waals surface area contributed by atoms with Crippen LogP contribution in [-0.2, 0) is 9.59 Å². The third-order valence-corrected chi connectivity index (χ3v) is 14.8. The van der Waals surface area contributed by atoms with Crippen molar-refractivity contribution in [1.29, 1.82) is 0 Å². The van der Waals surface area contributed by atoms with Gasteiger partial charge in [-0.3, -0.25) is 0 Å². The van der Waals surface area contributed by atoms with Crippen LogP contribution >= 0.6 is 20.0 Å². The van der Waals surface area contributed by atoms with Gasteiger partial charge in [-0.25, -0.2) is 0 Å². The topological polar surface area (TPSA) is 118 Å². The molecule has 10 heteroatoms. The molecule has 0 unspecified atom stereocenters. The number of carbonyl (C=O) groups excluding carboxylic acids is 1. The van der Waals surface area contributed by atoms with Gasteiger partial charge in [-0.05, 0) is 0 Å². The molecule has 4 N–H and O–H groups in total. The summed E-state index contributed by atoms with van der Waals surface area (Å²) in [5.41, 5.74) is 5.51. The van der Waals surface area contributed by atoms with Crippen LogP contribution in [0.2, 0.25) is 0 Å². The predicted molar refractivity (Wildman–Crippen MR) is 87.7 cm³/mol. The van der Waals surface area contributed by atoms with Gasteiger partial charge in [0.2, 0.25) is 0 Å². The van der Waals surface area contributed by atoms with E-state index in [2.05, 4.69) is 0 Å². The molecule has 1 amide bonds. The van der Waals surface area contributed by atoms with Gasteiger partial charge in [-0.2, -0.15) is 0 Å². The van der Waals surface area contributed by atoms with Crippen molar-refractivity contribution in [3.63, 3.8) is 0 Å². The van der Waals surface area contributed by atoms with Crippen molar-refractivity contribution in [1.82, 2.24) is 0 Å². The van der Waals surface area contributed by atoms with E-state index in [9.17, 15) is 14.4 Å². The molecule has 0 saturated carbocycles. The van der Waals surface area contributed by atoms with Crippen molar-refractivity contribution in [3.05, 3.63) is 29.8 Å². The average molecular weight is 401 g/mol. The number of carboxylic acid groups (broad SMARTS) is 2. The van der Waals surface area contributed by atoms with E-state index in [1.807, 2.05) is 0 Å². The molecule has 0 aliphatic carbocycles. The van der Waals surface area contributed by atoms with E-state index >= 15 is 0 Å². The summed E-state index contributed by atoms with van der Waals surface area (Å²) < 4.78 is 0.889. The van der Waals surface area contributed by atoms with Crippen molar-refractivity contribution in [2.45, 2.75) is 0 Å². The van der Waals surface area contributed by atoms with Crippen molar-refractivity contribution in [3.8, 4) is 0 Å². The summed E-state index contributed by atoms with van der Waals surface area (Å²) in [5.74, 6) is -2.53. The fraction of sp³-hybridized carbons (Fsp3) is 0.182. The Balaban J connectivity index is 0.00000400. The molecule has 21 heavy (non-hydrogen) atoms. The Bertz CT molecular complexity index is 496. The van der Waals surface area contributed by atoms with E-state index in [0.717, 1.165) is 4.35 Å². The third-order valence-electron chi connectivity index (χ3n) is 1.97. The number of primary amides is 1. The second-order valence-electron chi connectivity index (χ2n) is 3.50. The summed E-state index contributed by atoms with van der Waals surface area (Å²) in [4.78, 5) is 32.2. The molecule has 0 spiro atoms. The number of hydrogen-bond acceptors (Lipinski definition) is 5. The van der Waals surface area contributed by atoms with Gasteiger partial charge in [0.15, 0.2) is 0 Å². The van der Waals surface area contributed by atoms with Gasteiger partial charge in [-0.1, -0.05) is 0 Å². The van der Waals surface area contributed by atoms with E-state index in [0.29, 0.717) is 5.56 Å². The first-order chi connectivity index (χ1) is 9.40. The normalized spacial score (nSPS) is 9.95. The SMILES string of the molecule is NC(=O)c1ccc([As](SCC(=O)O)SCC(=O)O)cc1.[NaH]. The maximum absolute atomic E-state index is 11.0. The second kappa shape index (κ2) is 10.6. The van der Waals surface area contributed by atoms with Gasteiger partial charge >= 0.3 is 156 Å². The van der Waals surface area contributed by atoms with Crippen LogP contribution in [0.5, 0.6) is 0 Å². The predicted octanol–water partition coefficient (Wildman–Crippen LogP) is -0.532. The molecule has 0 bridgehead atoms. The van der Waals surface area contributed by atoms with Gasteiger partial charge in [-0.15, -0.1) is 0 Å². The molecule has 0 aliphatic heterocycles. The molecule has 0 fully saturated rings. The van der Waals surface area contributed by atoms with Crippen molar-refractivity contribution < 1.29 is 24.6 Å². The molecule has 1 aromatic carbocycles. The van der Waals surface area contributed by atoms with Gasteiger partial charge < -0.3 is 0 Å². The van der Waals surface area contributed by atoms with Gasteiger partial charge in [0.25, 0.3) is 0 Å². The minimum absolute atomic E-state index is 0. The first kappa shape index (κ1) is 20.9. The van der Waals surface area contributed by atoms with Crippen molar-refractivity contribution in [2.75, 3.05) is 11.5 Å². The van der Waals surface area contributed by atoms with E-state index in [-0.39, 0.29) is 41.1 Å². The van der Waals surface area contributed by atoms with Crippen LogP contribution in [-0.4, -0.2) is 81.5 Å². The van der Waals surface area contributed by atoms with E-state index in [4.69, 9.17) is 15.9 Å². The molecule has 0 heterocycles. The first-order valence-electron chi connectivity index (χ1n) is 5.29. The van der Waals surface area contributed by atoms with Crippen LogP contribution in [0, 0.1) is 0 Å². The number of carbonyl (C=O) groups is 3. The number of benzene rings is 1. The molecule has 6 nitrogen and oxygen atoms in total. The Morgan fingerprint density at radius 1 is 1.00 bits per heavy atom.